The lowest BCUT2D eigenvalue weighted by molar-refractivity contribution is 0.0984. The average molecular weight is 725 g/mol. The first-order chi connectivity index (χ1) is 27.7. The molecular weight excluding hydrogens is 681 g/mol. The van der Waals surface area contributed by atoms with Crippen molar-refractivity contribution >= 4 is 60.8 Å². The molecule has 2 heterocycles. The second-order valence-electron chi connectivity index (χ2n) is 17.1. The minimum absolute atomic E-state index is 0.356. The molecule has 3 heteroatoms. The Morgan fingerprint density at radius 2 is 1.04 bits per heavy atom. The second-order valence-corrected chi connectivity index (χ2v) is 17.1. The summed E-state index contributed by atoms with van der Waals surface area (Å²) in [5, 5.41) is 4.85. The van der Waals surface area contributed by atoms with E-state index < -0.39 is 0 Å². The van der Waals surface area contributed by atoms with Crippen LogP contribution in [0.4, 0.5) is 17.1 Å². The highest BCUT2D eigenvalue weighted by Crippen LogP contribution is 2.59. The van der Waals surface area contributed by atoms with Crippen LogP contribution >= 0.6 is 0 Å². The van der Waals surface area contributed by atoms with E-state index in [2.05, 4.69) is 167 Å². The molecular formula is C53H44N2O. The van der Waals surface area contributed by atoms with Crippen molar-refractivity contribution in [1.82, 2.24) is 4.57 Å². The first kappa shape index (κ1) is 32.2. The number of hydrogen-bond acceptors (Lipinski definition) is 2. The molecule has 0 radical (unpaired) electrons. The number of furan rings is 1. The molecule has 4 aliphatic carbocycles. The highest BCUT2D eigenvalue weighted by molar-refractivity contribution is 6.10. The van der Waals surface area contributed by atoms with Crippen LogP contribution in [0.2, 0.25) is 0 Å². The zero-order valence-corrected chi connectivity index (χ0v) is 31.6. The molecule has 4 aliphatic rings. The van der Waals surface area contributed by atoms with Gasteiger partial charge in [0.15, 0.2) is 0 Å². The van der Waals surface area contributed by atoms with Gasteiger partial charge < -0.3 is 13.9 Å². The lowest BCUT2D eigenvalue weighted by Crippen LogP contribution is -2.40. The van der Waals surface area contributed by atoms with Gasteiger partial charge in [0.25, 0.3) is 0 Å². The van der Waals surface area contributed by atoms with Gasteiger partial charge in [0.05, 0.1) is 16.7 Å². The zero-order chi connectivity index (χ0) is 36.8. The zero-order valence-electron chi connectivity index (χ0n) is 31.6. The van der Waals surface area contributed by atoms with Gasteiger partial charge in [-0.1, -0.05) is 110 Å². The lowest BCUT2D eigenvalue weighted by atomic mass is 9.56. The second kappa shape index (κ2) is 12.5. The van der Waals surface area contributed by atoms with Crippen LogP contribution in [0, 0.1) is 17.8 Å². The fraction of sp³-hybridized carbons (Fsp3) is 0.208. The molecule has 3 nitrogen and oxygen atoms in total. The molecule has 0 saturated heterocycles. The van der Waals surface area contributed by atoms with E-state index >= 15 is 0 Å². The van der Waals surface area contributed by atoms with Crippen LogP contribution in [0.3, 0.4) is 0 Å². The lowest BCUT2D eigenvalue weighted by Gasteiger charge is -2.49. The number of benzene rings is 7. The number of aromatic nitrogens is 1. The van der Waals surface area contributed by atoms with Crippen molar-refractivity contribution in [1.29, 1.82) is 0 Å². The molecule has 56 heavy (non-hydrogen) atoms. The van der Waals surface area contributed by atoms with Crippen LogP contribution in [-0.4, -0.2) is 4.57 Å². The molecule has 2 unspecified atom stereocenters. The summed E-state index contributed by atoms with van der Waals surface area (Å²) in [7, 11) is 0. The molecule has 0 N–H and O–H groups in total. The molecule has 0 aliphatic heterocycles. The van der Waals surface area contributed by atoms with Gasteiger partial charge in [-0.3, -0.25) is 0 Å². The molecule has 9 aromatic rings. The van der Waals surface area contributed by atoms with E-state index in [-0.39, 0.29) is 0 Å². The summed E-state index contributed by atoms with van der Waals surface area (Å²) in [5.74, 6) is 2.73. The van der Waals surface area contributed by atoms with Crippen LogP contribution in [-0.2, 0) is 5.41 Å². The largest absolute Gasteiger partial charge is 0.456 e. The molecule has 2 aromatic heterocycles. The van der Waals surface area contributed by atoms with E-state index in [1.807, 2.05) is 6.07 Å². The maximum Gasteiger partial charge on any atom is 0.137 e. The molecule has 4 saturated carbocycles. The first-order valence-corrected chi connectivity index (χ1v) is 20.7. The van der Waals surface area contributed by atoms with E-state index in [9.17, 15) is 0 Å². The Morgan fingerprint density at radius 3 is 1.75 bits per heavy atom. The van der Waals surface area contributed by atoms with Gasteiger partial charge >= 0.3 is 0 Å². The van der Waals surface area contributed by atoms with Crippen molar-refractivity contribution in [3.05, 3.63) is 169 Å². The van der Waals surface area contributed by atoms with Gasteiger partial charge in [-0.25, -0.2) is 0 Å². The van der Waals surface area contributed by atoms with Crippen molar-refractivity contribution in [2.24, 2.45) is 17.8 Å². The third-order valence-electron chi connectivity index (χ3n) is 13.9. The number of rotatable bonds is 6. The summed E-state index contributed by atoms with van der Waals surface area (Å²) in [5.41, 5.74) is 13.2. The summed E-state index contributed by atoms with van der Waals surface area (Å²) >= 11 is 0. The number of anilines is 3. The number of para-hydroxylation sites is 4. The number of fused-ring (bicyclic) bond motifs is 7. The highest BCUT2D eigenvalue weighted by atomic mass is 16.3. The topological polar surface area (TPSA) is 21.3 Å². The van der Waals surface area contributed by atoms with Gasteiger partial charge in [-0.2, -0.15) is 0 Å². The van der Waals surface area contributed by atoms with Crippen molar-refractivity contribution in [2.75, 3.05) is 4.90 Å². The fourth-order valence-electron chi connectivity index (χ4n) is 11.7. The van der Waals surface area contributed by atoms with Gasteiger partial charge in [0, 0.05) is 50.2 Å². The van der Waals surface area contributed by atoms with E-state index in [0.29, 0.717) is 5.41 Å². The Kier molecular flexibility index (Phi) is 7.18. The van der Waals surface area contributed by atoms with Crippen molar-refractivity contribution in [3.63, 3.8) is 0 Å². The summed E-state index contributed by atoms with van der Waals surface area (Å²) in [6.45, 7) is 0. The summed E-state index contributed by atoms with van der Waals surface area (Å²) < 4.78 is 8.87. The molecule has 0 amide bonds. The third kappa shape index (κ3) is 5.03. The maximum absolute atomic E-state index is 6.44. The van der Waals surface area contributed by atoms with Gasteiger partial charge in [-0.15, -0.1) is 0 Å². The minimum atomic E-state index is 0.356. The molecule has 7 aromatic carbocycles. The Morgan fingerprint density at radius 1 is 0.482 bits per heavy atom. The Balaban J connectivity index is 0.965. The highest BCUT2D eigenvalue weighted by Gasteiger charge is 2.49. The standard InChI is InChI=1S/C53H44N2O/c1-5-13-48(55-49-14-6-2-10-44(49)45-11-3-7-15-50(45)55)43(9-1)38-19-23-40(24-20-38)54(42-27-28-47-46-12-4-8-16-51(46)56-52(47)31-42)41-25-21-39(22-26-41)53-32-35-17-18-36(33-53)30-37(29-35)34-53/h1-16,19-28,31,35-37H,17-18,29-30,32-34H2/t35-,36?,37+,53?/m1/s1. The van der Waals surface area contributed by atoms with E-state index in [4.69, 9.17) is 4.42 Å². The summed E-state index contributed by atoms with van der Waals surface area (Å²) in [4.78, 5) is 2.41. The molecule has 0 spiro atoms. The van der Waals surface area contributed by atoms with Crippen LogP contribution in [0.1, 0.15) is 50.5 Å². The maximum atomic E-state index is 6.44. The van der Waals surface area contributed by atoms with Gasteiger partial charge in [0.2, 0.25) is 0 Å². The Bertz CT molecular complexity index is 2860. The molecule has 4 bridgehead atoms. The monoisotopic (exact) mass is 724 g/mol. The predicted octanol–water partition coefficient (Wildman–Crippen LogP) is 14.7. The smallest absolute Gasteiger partial charge is 0.137 e. The van der Waals surface area contributed by atoms with Crippen LogP contribution < -0.4 is 4.90 Å². The van der Waals surface area contributed by atoms with Gasteiger partial charge in [0.1, 0.15) is 11.2 Å². The predicted molar refractivity (Wildman–Crippen MR) is 233 cm³/mol. The Labute approximate surface area is 327 Å². The average Bonchev–Trinajstić information content (AvgIpc) is 3.70. The van der Waals surface area contributed by atoms with Crippen LogP contribution in [0.5, 0.6) is 0 Å². The normalized spacial score (nSPS) is 21.7. The summed E-state index contributed by atoms with van der Waals surface area (Å²) in [6, 6.07) is 60.3. The molecule has 13 rings (SSSR count). The van der Waals surface area contributed by atoms with Crippen LogP contribution in [0.25, 0.3) is 60.6 Å². The first-order valence-electron chi connectivity index (χ1n) is 20.7. The molecule has 4 atom stereocenters. The Hall–Kier alpha value is -6.06. The number of nitrogens with zero attached hydrogens (tertiary/aromatic N) is 2. The molecule has 4 fully saturated rings. The van der Waals surface area contributed by atoms with Crippen molar-refractivity contribution < 1.29 is 4.42 Å². The van der Waals surface area contributed by atoms with Crippen molar-refractivity contribution in [3.8, 4) is 16.8 Å². The van der Waals surface area contributed by atoms with Crippen molar-refractivity contribution in [2.45, 2.75) is 50.4 Å². The minimum Gasteiger partial charge on any atom is -0.456 e. The fourth-order valence-corrected chi connectivity index (χ4v) is 11.7. The van der Waals surface area contributed by atoms with Crippen LogP contribution in [0.15, 0.2) is 168 Å². The van der Waals surface area contributed by atoms with E-state index in [1.165, 1.54) is 89.3 Å². The molecule has 272 valence electrons. The number of hydrogen-bond donors (Lipinski definition) is 0. The van der Waals surface area contributed by atoms with E-state index in [0.717, 1.165) is 51.1 Å². The SMILES string of the molecule is c1ccc(-n2c3ccccc3c3ccccc32)c(-c2ccc(N(c3ccc(C45CC6CC[C@H](C[C@@H](C6)C4)C5)cc3)c3ccc4c(c3)oc3ccccc34)cc2)c1. The third-order valence-corrected chi connectivity index (χ3v) is 13.9. The van der Waals surface area contributed by atoms with E-state index in [1.54, 1.807) is 5.56 Å². The summed E-state index contributed by atoms with van der Waals surface area (Å²) in [6.07, 6.45) is 9.95. The quantitative estimate of drug-likeness (QED) is 0.170. The van der Waals surface area contributed by atoms with Gasteiger partial charge in [-0.05, 0) is 127 Å².